The standard InChI is InChI=1S/3C9H14N.H3O4P/c3*1-10(2,3)9-7-5-4-6-8-9;1-5(2,3)4/h3*4-8H,1-3H3;(H3,1,2,3,4)/q3*+1;/p-3. The Labute approximate surface area is 212 Å². The minimum atomic E-state index is -5.39. The molecule has 0 bridgehead atoms. The Morgan fingerprint density at radius 3 is 0.657 bits per heavy atom. The molecule has 3 aromatic carbocycles. The van der Waals surface area contributed by atoms with E-state index in [-0.39, 0.29) is 0 Å². The summed E-state index contributed by atoms with van der Waals surface area (Å²) in [5, 5.41) is 0. The zero-order valence-corrected chi connectivity index (χ0v) is 23.5. The average Bonchev–Trinajstić information content (AvgIpc) is 2.74. The molecule has 0 aliphatic heterocycles. The van der Waals surface area contributed by atoms with Gasteiger partial charge >= 0.3 is 0 Å². The fourth-order valence-electron chi connectivity index (χ4n) is 2.63. The highest BCUT2D eigenvalue weighted by Gasteiger charge is 2.10. The van der Waals surface area contributed by atoms with Gasteiger partial charge in [-0.3, -0.25) is 13.4 Å². The van der Waals surface area contributed by atoms with Crippen LogP contribution in [0.2, 0.25) is 0 Å². The van der Waals surface area contributed by atoms with Crippen molar-refractivity contribution in [2.45, 2.75) is 0 Å². The van der Waals surface area contributed by atoms with Gasteiger partial charge < -0.3 is 19.2 Å². The highest BCUT2D eigenvalue weighted by molar-refractivity contribution is 7.40. The molecule has 3 rings (SSSR count). The molecule has 0 spiro atoms. The smallest absolute Gasteiger partial charge is 0.132 e. The van der Waals surface area contributed by atoms with Gasteiger partial charge in [0, 0.05) is 0 Å². The Morgan fingerprint density at radius 2 is 0.571 bits per heavy atom. The Hall–Kier alpha value is -2.35. The predicted molar refractivity (Wildman–Crippen MR) is 146 cm³/mol. The van der Waals surface area contributed by atoms with Crippen LogP contribution in [0.5, 0.6) is 0 Å². The minimum absolute atomic E-state index is 0.890. The first-order valence-electron chi connectivity index (χ1n) is 11.2. The number of phosphoric acid groups is 1. The molecule has 0 unspecified atom stereocenters. The van der Waals surface area contributed by atoms with Crippen LogP contribution in [0.3, 0.4) is 0 Å². The summed E-state index contributed by atoms with van der Waals surface area (Å²) >= 11 is 0. The third-order valence-corrected chi connectivity index (χ3v) is 4.59. The maximum absolute atomic E-state index is 8.55. The van der Waals surface area contributed by atoms with Gasteiger partial charge in [-0.1, -0.05) is 54.6 Å². The number of para-hydroxylation sites is 3. The molecule has 0 aromatic heterocycles. The van der Waals surface area contributed by atoms with Gasteiger partial charge in [-0.25, -0.2) is 0 Å². The lowest BCUT2D eigenvalue weighted by atomic mass is 10.3. The van der Waals surface area contributed by atoms with Gasteiger partial charge in [0.2, 0.25) is 0 Å². The first-order chi connectivity index (χ1) is 15.8. The van der Waals surface area contributed by atoms with E-state index in [4.69, 9.17) is 19.2 Å². The molecule has 8 heteroatoms. The van der Waals surface area contributed by atoms with Crippen LogP contribution in [0.25, 0.3) is 0 Å². The van der Waals surface area contributed by atoms with Crippen LogP contribution >= 0.6 is 7.82 Å². The summed E-state index contributed by atoms with van der Waals surface area (Å²) in [6.07, 6.45) is 0. The predicted octanol–water partition coefficient (Wildman–Crippen LogP) is 2.83. The maximum Gasteiger partial charge on any atom is 0.132 e. The van der Waals surface area contributed by atoms with Crippen molar-refractivity contribution in [3.63, 3.8) is 0 Å². The molecule has 0 aliphatic rings. The molecule has 0 fully saturated rings. The average molecular weight is 504 g/mol. The summed E-state index contributed by atoms with van der Waals surface area (Å²) < 4.78 is 11.2. The molecule has 0 aliphatic carbocycles. The fourth-order valence-corrected chi connectivity index (χ4v) is 2.63. The van der Waals surface area contributed by atoms with Gasteiger partial charge in [-0.15, -0.1) is 0 Å². The zero-order chi connectivity index (χ0) is 27.3. The molecule has 0 radical (unpaired) electrons. The molecule has 7 nitrogen and oxygen atoms in total. The molecule has 35 heavy (non-hydrogen) atoms. The van der Waals surface area contributed by atoms with E-state index >= 15 is 0 Å². The lowest BCUT2D eigenvalue weighted by molar-refractivity contribution is -0.432. The van der Waals surface area contributed by atoms with Crippen molar-refractivity contribution in [3.8, 4) is 0 Å². The Bertz CT molecular complexity index is 864. The lowest BCUT2D eigenvalue weighted by Gasteiger charge is -2.36. The van der Waals surface area contributed by atoms with E-state index in [0.29, 0.717) is 0 Å². The molecule has 0 amide bonds. The van der Waals surface area contributed by atoms with Crippen LogP contribution < -0.4 is 28.1 Å². The van der Waals surface area contributed by atoms with Crippen LogP contribution in [0, 0.1) is 0 Å². The molecule has 0 saturated heterocycles. The molecule has 194 valence electrons. The van der Waals surface area contributed by atoms with Crippen LogP contribution in [-0.2, 0) is 4.57 Å². The summed E-state index contributed by atoms with van der Waals surface area (Å²) in [5.41, 5.74) is 4.01. The fraction of sp³-hybridized carbons (Fsp3) is 0.333. The second kappa shape index (κ2) is 14.3. The molecule has 0 atom stereocenters. The highest BCUT2D eigenvalue weighted by Crippen LogP contribution is 2.15. The first kappa shape index (κ1) is 32.6. The first-order valence-corrected chi connectivity index (χ1v) is 12.6. The Kier molecular flexibility index (Phi) is 13.3. The van der Waals surface area contributed by atoms with Crippen LogP contribution in [0.15, 0.2) is 91.0 Å². The Morgan fingerprint density at radius 1 is 0.429 bits per heavy atom. The maximum atomic E-state index is 8.55. The quantitative estimate of drug-likeness (QED) is 0.406. The molecule has 3 aromatic rings. The van der Waals surface area contributed by atoms with Gasteiger partial charge in [0.25, 0.3) is 0 Å². The van der Waals surface area contributed by atoms with Crippen molar-refractivity contribution >= 4 is 24.9 Å². The largest absolute Gasteiger partial charge is 0.822 e. The lowest BCUT2D eigenvalue weighted by Crippen LogP contribution is -2.34. The van der Waals surface area contributed by atoms with E-state index in [9.17, 15) is 0 Å². The molecular weight excluding hydrogens is 461 g/mol. The van der Waals surface area contributed by atoms with E-state index in [1.54, 1.807) is 0 Å². The molecule has 0 saturated carbocycles. The van der Waals surface area contributed by atoms with E-state index in [1.807, 2.05) is 18.2 Å². The topological polar surface area (TPSA) is 86.2 Å². The molecular formula is C27H42N3O4P. The van der Waals surface area contributed by atoms with E-state index in [1.165, 1.54) is 17.1 Å². The number of quaternary nitrogens is 3. The third-order valence-electron chi connectivity index (χ3n) is 4.59. The van der Waals surface area contributed by atoms with Crippen molar-refractivity contribution in [1.29, 1.82) is 0 Å². The summed E-state index contributed by atoms with van der Waals surface area (Å²) in [5.74, 6) is 0. The number of nitrogens with zero attached hydrogens (tertiary/aromatic N) is 3. The van der Waals surface area contributed by atoms with Crippen LogP contribution in [0.1, 0.15) is 0 Å². The van der Waals surface area contributed by atoms with Crippen LogP contribution in [0.4, 0.5) is 17.1 Å². The van der Waals surface area contributed by atoms with Gasteiger partial charge in [0.05, 0.1) is 63.4 Å². The third kappa shape index (κ3) is 17.7. The van der Waals surface area contributed by atoms with E-state index < -0.39 is 7.82 Å². The minimum Gasteiger partial charge on any atom is -0.822 e. The summed E-state index contributed by atoms with van der Waals surface area (Å²) in [7, 11) is 14.1. The number of benzene rings is 3. The van der Waals surface area contributed by atoms with Crippen molar-refractivity contribution in [3.05, 3.63) is 91.0 Å². The van der Waals surface area contributed by atoms with Gasteiger partial charge in [0.15, 0.2) is 0 Å². The monoisotopic (exact) mass is 503 g/mol. The van der Waals surface area contributed by atoms with Gasteiger partial charge in [-0.2, -0.15) is 7.82 Å². The second-order valence-corrected chi connectivity index (χ2v) is 11.4. The van der Waals surface area contributed by atoms with E-state index in [0.717, 1.165) is 13.4 Å². The van der Waals surface area contributed by atoms with Crippen molar-refractivity contribution in [1.82, 2.24) is 13.4 Å². The van der Waals surface area contributed by atoms with Crippen molar-refractivity contribution in [2.75, 3.05) is 63.4 Å². The number of rotatable bonds is 3. The summed E-state index contributed by atoms with van der Waals surface area (Å²) in [6.45, 7) is 0. The van der Waals surface area contributed by atoms with Crippen molar-refractivity contribution < 1.29 is 19.2 Å². The number of hydrogen-bond acceptors (Lipinski definition) is 4. The van der Waals surface area contributed by atoms with Gasteiger partial charge in [0.1, 0.15) is 17.1 Å². The van der Waals surface area contributed by atoms with Crippen LogP contribution in [-0.4, -0.2) is 63.4 Å². The summed E-state index contributed by atoms with van der Waals surface area (Å²) in [4.78, 5) is 25.6. The second-order valence-electron chi connectivity index (χ2n) is 10.5. The Balaban J connectivity index is 0.000000453. The summed E-state index contributed by atoms with van der Waals surface area (Å²) in [6, 6.07) is 31.4. The normalized spacial score (nSPS) is 11.5. The number of hydrogen-bond donors (Lipinski definition) is 0. The van der Waals surface area contributed by atoms with Gasteiger partial charge in [-0.05, 0) is 36.4 Å². The molecule has 0 N–H and O–H groups in total. The SMILES string of the molecule is C[N+](C)(C)c1ccccc1.C[N+](C)(C)c1ccccc1.C[N+](C)(C)c1ccccc1.O=P([O-])([O-])[O-]. The highest BCUT2D eigenvalue weighted by atomic mass is 31.2. The molecule has 0 heterocycles. The van der Waals surface area contributed by atoms with E-state index in [2.05, 4.69) is 136 Å². The zero-order valence-electron chi connectivity index (χ0n) is 22.6. The van der Waals surface area contributed by atoms with Crippen molar-refractivity contribution in [2.24, 2.45) is 0 Å².